The van der Waals surface area contributed by atoms with E-state index in [1.807, 2.05) is 61.5 Å². The molecule has 0 fully saturated rings. The number of benzene rings is 3. The number of nitrogens with one attached hydrogen (secondary N) is 1. The number of para-hydroxylation sites is 2. The predicted molar refractivity (Wildman–Crippen MR) is 143 cm³/mol. The van der Waals surface area contributed by atoms with Crippen molar-refractivity contribution in [3.05, 3.63) is 101 Å². The van der Waals surface area contributed by atoms with Crippen LogP contribution in [0.4, 0.5) is 0 Å². The molecule has 0 saturated carbocycles. The van der Waals surface area contributed by atoms with E-state index in [4.69, 9.17) is 9.72 Å². The molecule has 0 saturated heterocycles. The molecular formula is C30H33N3O2. The maximum atomic E-state index is 12.6. The SMILES string of the molecule is Cc1ccc(C(C)C)c(OCCn2c(C(C)NC(=O)/C=C\c3ccccc3)nc3ccccc32)c1. The molecule has 1 unspecified atom stereocenters. The minimum Gasteiger partial charge on any atom is -0.491 e. The summed E-state index contributed by atoms with van der Waals surface area (Å²) in [5.74, 6) is 1.97. The van der Waals surface area contributed by atoms with Gasteiger partial charge in [-0.1, -0.05) is 68.4 Å². The van der Waals surface area contributed by atoms with Gasteiger partial charge in [-0.3, -0.25) is 4.79 Å². The van der Waals surface area contributed by atoms with Crippen LogP contribution in [0.3, 0.4) is 0 Å². The summed E-state index contributed by atoms with van der Waals surface area (Å²) in [5, 5.41) is 3.06. The molecule has 180 valence electrons. The quantitative estimate of drug-likeness (QED) is 0.288. The Kier molecular flexibility index (Phi) is 7.66. The van der Waals surface area contributed by atoms with Crippen LogP contribution in [0.5, 0.6) is 5.75 Å². The monoisotopic (exact) mass is 467 g/mol. The Hall–Kier alpha value is -3.86. The number of rotatable bonds is 9. The van der Waals surface area contributed by atoms with E-state index in [-0.39, 0.29) is 11.9 Å². The van der Waals surface area contributed by atoms with Crippen molar-refractivity contribution >= 4 is 23.0 Å². The molecule has 35 heavy (non-hydrogen) atoms. The number of aryl methyl sites for hydroxylation is 1. The average Bonchev–Trinajstić information content (AvgIpc) is 3.22. The third kappa shape index (κ3) is 5.99. The number of amides is 1. The maximum absolute atomic E-state index is 12.6. The highest BCUT2D eigenvalue weighted by molar-refractivity contribution is 5.92. The third-order valence-corrected chi connectivity index (χ3v) is 6.02. The third-order valence-electron chi connectivity index (χ3n) is 6.02. The number of carbonyl (C=O) groups is 1. The summed E-state index contributed by atoms with van der Waals surface area (Å²) in [6.07, 6.45) is 3.38. The van der Waals surface area contributed by atoms with Crippen LogP contribution in [0.25, 0.3) is 17.1 Å². The first-order valence-electron chi connectivity index (χ1n) is 12.1. The van der Waals surface area contributed by atoms with Crippen LogP contribution in [0, 0.1) is 6.92 Å². The minimum absolute atomic E-state index is 0.155. The zero-order valence-electron chi connectivity index (χ0n) is 20.9. The smallest absolute Gasteiger partial charge is 0.244 e. The second-order valence-electron chi connectivity index (χ2n) is 9.13. The first kappa shape index (κ1) is 24.3. The summed E-state index contributed by atoms with van der Waals surface area (Å²) in [6.45, 7) is 9.52. The lowest BCUT2D eigenvalue weighted by Gasteiger charge is -2.18. The Balaban J connectivity index is 1.51. The normalized spacial score (nSPS) is 12.4. The first-order valence-corrected chi connectivity index (χ1v) is 12.1. The Bertz CT molecular complexity index is 1320. The molecule has 0 aliphatic carbocycles. The molecule has 0 aliphatic heterocycles. The fourth-order valence-corrected chi connectivity index (χ4v) is 4.21. The number of nitrogens with zero attached hydrogens (tertiary/aromatic N) is 2. The lowest BCUT2D eigenvalue weighted by atomic mass is 10.0. The van der Waals surface area contributed by atoms with Crippen molar-refractivity contribution in [2.75, 3.05) is 6.61 Å². The Labute approximate surface area is 207 Å². The fourth-order valence-electron chi connectivity index (χ4n) is 4.21. The van der Waals surface area contributed by atoms with Gasteiger partial charge in [-0.25, -0.2) is 4.98 Å². The molecule has 1 amide bonds. The molecule has 0 aliphatic rings. The van der Waals surface area contributed by atoms with Crippen molar-refractivity contribution in [1.82, 2.24) is 14.9 Å². The van der Waals surface area contributed by atoms with E-state index in [0.29, 0.717) is 19.1 Å². The number of hydrogen-bond acceptors (Lipinski definition) is 3. The number of ether oxygens (including phenoxy) is 1. The van der Waals surface area contributed by atoms with Crippen LogP contribution in [-0.2, 0) is 11.3 Å². The van der Waals surface area contributed by atoms with Crippen LogP contribution in [0.2, 0.25) is 0 Å². The number of hydrogen-bond donors (Lipinski definition) is 1. The molecule has 1 atom stereocenters. The van der Waals surface area contributed by atoms with E-state index in [1.165, 1.54) is 11.1 Å². The van der Waals surface area contributed by atoms with Gasteiger partial charge in [0.1, 0.15) is 18.2 Å². The van der Waals surface area contributed by atoms with Crippen molar-refractivity contribution < 1.29 is 9.53 Å². The number of aromatic nitrogens is 2. The average molecular weight is 468 g/mol. The van der Waals surface area contributed by atoms with Gasteiger partial charge in [0, 0.05) is 6.08 Å². The summed E-state index contributed by atoms with van der Waals surface area (Å²) in [7, 11) is 0. The summed E-state index contributed by atoms with van der Waals surface area (Å²) in [6, 6.07) is 23.9. The molecule has 1 N–H and O–H groups in total. The van der Waals surface area contributed by atoms with Gasteiger partial charge in [0.2, 0.25) is 5.91 Å². The number of fused-ring (bicyclic) bond motifs is 1. The van der Waals surface area contributed by atoms with Crippen molar-refractivity contribution in [3.63, 3.8) is 0 Å². The second-order valence-corrected chi connectivity index (χ2v) is 9.13. The summed E-state index contributed by atoms with van der Waals surface area (Å²) < 4.78 is 8.40. The maximum Gasteiger partial charge on any atom is 0.244 e. The van der Waals surface area contributed by atoms with Crippen molar-refractivity contribution in [1.29, 1.82) is 0 Å². The van der Waals surface area contributed by atoms with Gasteiger partial charge in [-0.2, -0.15) is 0 Å². The lowest BCUT2D eigenvalue weighted by molar-refractivity contribution is -0.117. The molecule has 4 rings (SSSR count). The molecule has 1 heterocycles. The molecule has 0 spiro atoms. The van der Waals surface area contributed by atoms with Gasteiger partial charge >= 0.3 is 0 Å². The Morgan fingerprint density at radius 1 is 1.03 bits per heavy atom. The molecule has 0 radical (unpaired) electrons. The number of imidazole rings is 1. The fraction of sp³-hybridized carbons (Fsp3) is 0.267. The van der Waals surface area contributed by atoms with Crippen LogP contribution in [-0.4, -0.2) is 22.1 Å². The van der Waals surface area contributed by atoms with Gasteiger partial charge in [0.15, 0.2) is 0 Å². The first-order chi connectivity index (χ1) is 16.9. The lowest BCUT2D eigenvalue weighted by Crippen LogP contribution is -2.27. The van der Waals surface area contributed by atoms with Crippen molar-refractivity contribution in [2.24, 2.45) is 0 Å². The highest BCUT2D eigenvalue weighted by atomic mass is 16.5. The minimum atomic E-state index is -0.263. The highest BCUT2D eigenvalue weighted by Crippen LogP contribution is 2.28. The van der Waals surface area contributed by atoms with Gasteiger partial charge in [0.05, 0.1) is 23.6 Å². The van der Waals surface area contributed by atoms with E-state index in [9.17, 15) is 4.79 Å². The van der Waals surface area contributed by atoms with Gasteiger partial charge in [0.25, 0.3) is 0 Å². The molecule has 5 heteroatoms. The molecule has 0 bridgehead atoms. The van der Waals surface area contributed by atoms with E-state index < -0.39 is 0 Å². The van der Waals surface area contributed by atoms with Crippen molar-refractivity contribution in [2.45, 2.75) is 46.2 Å². The molecule has 5 nitrogen and oxygen atoms in total. The summed E-state index contributed by atoms with van der Waals surface area (Å²) in [5.41, 5.74) is 5.30. The topological polar surface area (TPSA) is 56.1 Å². The summed E-state index contributed by atoms with van der Waals surface area (Å²) >= 11 is 0. The Morgan fingerprint density at radius 2 is 1.77 bits per heavy atom. The number of carbonyl (C=O) groups excluding carboxylic acids is 1. The van der Waals surface area contributed by atoms with Crippen LogP contribution >= 0.6 is 0 Å². The zero-order chi connectivity index (χ0) is 24.8. The molecule has 4 aromatic rings. The van der Waals surface area contributed by atoms with E-state index >= 15 is 0 Å². The molecule has 1 aromatic heterocycles. The van der Waals surface area contributed by atoms with Crippen LogP contribution < -0.4 is 10.1 Å². The van der Waals surface area contributed by atoms with Gasteiger partial charge in [-0.05, 0) is 60.7 Å². The molecule has 3 aromatic carbocycles. The van der Waals surface area contributed by atoms with E-state index in [1.54, 1.807) is 6.08 Å². The van der Waals surface area contributed by atoms with Gasteiger partial charge < -0.3 is 14.6 Å². The van der Waals surface area contributed by atoms with E-state index in [0.717, 1.165) is 28.2 Å². The van der Waals surface area contributed by atoms with Crippen molar-refractivity contribution in [3.8, 4) is 5.75 Å². The zero-order valence-corrected chi connectivity index (χ0v) is 20.9. The highest BCUT2D eigenvalue weighted by Gasteiger charge is 2.18. The standard InChI is InChI=1S/C30H33N3O2/c1-21(2)25-16-14-22(3)20-28(25)35-19-18-33-27-13-9-8-12-26(27)32-30(33)23(4)31-29(34)17-15-24-10-6-5-7-11-24/h5-17,20-21,23H,18-19H2,1-4H3,(H,31,34)/b17-15-. The second kappa shape index (κ2) is 11.0. The van der Waals surface area contributed by atoms with E-state index in [2.05, 4.69) is 54.9 Å². The predicted octanol–water partition coefficient (Wildman–Crippen LogP) is 6.44. The van der Waals surface area contributed by atoms with Gasteiger partial charge in [-0.15, -0.1) is 0 Å². The largest absolute Gasteiger partial charge is 0.491 e. The van der Waals surface area contributed by atoms with Crippen LogP contribution in [0.1, 0.15) is 55.2 Å². The van der Waals surface area contributed by atoms with Crippen LogP contribution in [0.15, 0.2) is 78.9 Å². The molecular weight excluding hydrogens is 434 g/mol. The summed E-state index contributed by atoms with van der Waals surface area (Å²) in [4.78, 5) is 17.4. The Morgan fingerprint density at radius 3 is 2.54 bits per heavy atom.